The minimum absolute atomic E-state index is 0.0729. The van der Waals surface area contributed by atoms with Gasteiger partial charge in [-0.3, -0.25) is 0 Å². The number of hydrogen-bond donors (Lipinski definition) is 1. The minimum Gasteiger partial charge on any atom is -0.381 e. The molecule has 2 aromatic carbocycles. The number of fused-ring (bicyclic) bond motifs is 5. The maximum atomic E-state index is 14.2. The zero-order chi connectivity index (χ0) is 13.7. The van der Waals surface area contributed by atoms with E-state index in [0.29, 0.717) is 11.4 Å². The Morgan fingerprint density at radius 2 is 1.95 bits per heavy atom. The molecule has 2 aromatic rings. The second-order valence-electron chi connectivity index (χ2n) is 5.30. The monoisotopic (exact) mass is 272 g/mol. The molecule has 0 bridgehead atoms. The summed E-state index contributed by atoms with van der Waals surface area (Å²) in [6.45, 7) is 1.44. The molecule has 2 nitrogen and oxygen atoms in total. The molecule has 0 fully saturated rings. The van der Waals surface area contributed by atoms with Crippen LogP contribution in [0.4, 0.5) is 20.2 Å². The highest BCUT2D eigenvalue weighted by Gasteiger charge is 2.34. The average molecular weight is 272 g/mol. The highest BCUT2D eigenvalue weighted by Crippen LogP contribution is 2.42. The molecule has 2 aliphatic rings. The molecule has 1 atom stereocenters. The number of nitrogens with zero attached hydrogens (tertiary/aromatic N) is 1. The van der Waals surface area contributed by atoms with E-state index in [0.717, 1.165) is 19.5 Å². The van der Waals surface area contributed by atoms with Gasteiger partial charge in [0.2, 0.25) is 0 Å². The number of nitrogens with one attached hydrogen (secondary N) is 1. The van der Waals surface area contributed by atoms with E-state index in [1.807, 2.05) is 17.0 Å². The molecule has 0 amide bonds. The first-order valence-electron chi connectivity index (χ1n) is 6.82. The maximum Gasteiger partial charge on any atom is 0.184 e. The van der Waals surface area contributed by atoms with Gasteiger partial charge in [0.15, 0.2) is 11.6 Å². The zero-order valence-electron chi connectivity index (χ0n) is 10.9. The molecule has 0 saturated carbocycles. The van der Waals surface area contributed by atoms with Gasteiger partial charge in [0.05, 0.1) is 11.7 Å². The Balaban J connectivity index is 1.86. The number of halogens is 2. The lowest BCUT2D eigenvalue weighted by atomic mass is 9.90. The van der Waals surface area contributed by atoms with Gasteiger partial charge in [0.1, 0.15) is 5.69 Å². The Morgan fingerprint density at radius 1 is 1.10 bits per heavy atom. The number of anilines is 2. The topological polar surface area (TPSA) is 15.3 Å². The summed E-state index contributed by atoms with van der Waals surface area (Å²) in [6, 6.07) is 11.1. The van der Waals surface area contributed by atoms with E-state index in [9.17, 15) is 8.78 Å². The number of benzene rings is 2. The van der Waals surface area contributed by atoms with Crippen molar-refractivity contribution in [2.24, 2.45) is 0 Å². The quantitative estimate of drug-likeness (QED) is 0.789. The van der Waals surface area contributed by atoms with Crippen LogP contribution in [0.25, 0.3) is 0 Å². The summed E-state index contributed by atoms with van der Waals surface area (Å²) in [7, 11) is 0. The fourth-order valence-electron chi connectivity index (χ4n) is 3.31. The largest absolute Gasteiger partial charge is 0.381 e. The standard InChI is InChI=1S/C16H14F2N2/c17-12-5-6-13-16(15(12)18)20-8-7-10-3-1-2-4-11(10)14(20)9-19-13/h1-6,14,19H,7-9H2. The molecule has 4 rings (SSSR count). The van der Waals surface area contributed by atoms with Gasteiger partial charge in [0, 0.05) is 13.1 Å². The molecule has 0 saturated heterocycles. The summed E-state index contributed by atoms with van der Waals surface area (Å²) in [5.41, 5.74) is 3.56. The van der Waals surface area contributed by atoms with Crippen LogP contribution >= 0.6 is 0 Å². The fraction of sp³-hybridized carbons (Fsp3) is 0.250. The van der Waals surface area contributed by atoms with Crippen LogP contribution in [-0.4, -0.2) is 13.1 Å². The molecular weight excluding hydrogens is 258 g/mol. The van der Waals surface area contributed by atoms with E-state index in [1.54, 1.807) is 6.07 Å². The van der Waals surface area contributed by atoms with Gasteiger partial charge in [0.25, 0.3) is 0 Å². The van der Waals surface area contributed by atoms with Crippen molar-refractivity contribution in [3.8, 4) is 0 Å². The number of rotatable bonds is 0. The Bertz CT molecular complexity index is 684. The Kier molecular flexibility index (Phi) is 2.46. The maximum absolute atomic E-state index is 14.2. The summed E-state index contributed by atoms with van der Waals surface area (Å²) in [4.78, 5) is 1.99. The molecule has 20 heavy (non-hydrogen) atoms. The van der Waals surface area contributed by atoms with E-state index in [4.69, 9.17) is 0 Å². The Labute approximate surface area is 116 Å². The first-order valence-corrected chi connectivity index (χ1v) is 6.82. The van der Waals surface area contributed by atoms with Crippen LogP contribution < -0.4 is 10.2 Å². The zero-order valence-corrected chi connectivity index (χ0v) is 10.9. The normalized spacial score (nSPS) is 19.7. The SMILES string of the molecule is Fc1ccc2c(c1F)N1CCc3ccccc3C1CN2. The van der Waals surface area contributed by atoms with Crippen LogP contribution in [0.3, 0.4) is 0 Å². The third kappa shape index (κ3) is 1.54. The predicted octanol–water partition coefficient (Wildman–Crippen LogP) is 3.49. The van der Waals surface area contributed by atoms with Crippen LogP contribution in [0.15, 0.2) is 36.4 Å². The van der Waals surface area contributed by atoms with Crippen molar-refractivity contribution in [3.05, 3.63) is 59.2 Å². The summed E-state index contributed by atoms with van der Waals surface area (Å²) in [5, 5.41) is 3.22. The van der Waals surface area contributed by atoms with E-state index in [1.165, 1.54) is 17.2 Å². The third-order valence-electron chi connectivity index (χ3n) is 4.25. The van der Waals surface area contributed by atoms with Crippen LogP contribution in [0.2, 0.25) is 0 Å². The fourth-order valence-corrected chi connectivity index (χ4v) is 3.31. The van der Waals surface area contributed by atoms with Crippen molar-refractivity contribution in [2.45, 2.75) is 12.5 Å². The average Bonchev–Trinajstić information content (AvgIpc) is 2.50. The molecule has 102 valence electrons. The highest BCUT2D eigenvalue weighted by atomic mass is 19.2. The lowest BCUT2D eigenvalue weighted by molar-refractivity contribution is 0.493. The Morgan fingerprint density at radius 3 is 2.85 bits per heavy atom. The van der Waals surface area contributed by atoms with E-state index in [-0.39, 0.29) is 6.04 Å². The van der Waals surface area contributed by atoms with E-state index < -0.39 is 11.6 Å². The van der Waals surface area contributed by atoms with Crippen molar-refractivity contribution >= 4 is 11.4 Å². The predicted molar refractivity (Wildman–Crippen MR) is 75.1 cm³/mol. The van der Waals surface area contributed by atoms with Gasteiger partial charge >= 0.3 is 0 Å². The molecule has 0 radical (unpaired) electrons. The minimum atomic E-state index is -0.787. The van der Waals surface area contributed by atoms with Crippen LogP contribution in [0, 0.1) is 11.6 Å². The summed E-state index contributed by atoms with van der Waals surface area (Å²) < 4.78 is 27.7. The number of hydrogen-bond acceptors (Lipinski definition) is 2. The lowest BCUT2D eigenvalue weighted by Crippen LogP contribution is -2.43. The molecule has 2 aliphatic heterocycles. The lowest BCUT2D eigenvalue weighted by Gasteiger charge is -2.43. The molecule has 1 N–H and O–H groups in total. The van der Waals surface area contributed by atoms with Crippen molar-refractivity contribution < 1.29 is 8.78 Å². The first-order chi connectivity index (χ1) is 9.75. The molecule has 0 aliphatic carbocycles. The van der Waals surface area contributed by atoms with Crippen LogP contribution in [-0.2, 0) is 6.42 Å². The highest BCUT2D eigenvalue weighted by molar-refractivity contribution is 5.74. The summed E-state index contributed by atoms with van der Waals surface area (Å²) in [6.07, 6.45) is 0.863. The summed E-state index contributed by atoms with van der Waals surface area (Å²) in [5.74, 6) is -1.54. The molecule has 4 heteroatoms. The third-order valence-corrected chi connectivity index (χ3v) is 4.25. The second kappa shape index (κ2) is 4.20. The van der Waals surface area contributed by atoms with E-state index >= 15 is 0 Å². The Hall–Kier alpha value is -2.10. The molecule has 2 heterocycles. The first kappa shape index (κ1) is 11.7. The molecule has 0 spiro atoms. The van der Waals surface area contributed by atoms with Crippen molar-refractivity contribution in [3.63, 3.8) is 0 Å². The van der Waals surface area contributed by atoms with Gasteiger partial charge in [-0.2, -0.15) is 0 Å². The molecule has 0 aromatic heterocycles. The van der Waals surface area contributed by atoms with Crippen LogP contribution in [0.5, 0.6) is 0 Å². The van der Waals surface area contributed by atoms with Crippen molar-refractivity contribution in [1.82, 2.24) is 0 Å². The molecule has 1 unspecified atom stereocenters. The van der Waals surface area contributed by atoms with Crippen LogP contribution in [0.1, 0.15) is 17.2 Å². The van der Waals surface area contributed by atoms with Gasteiger partial charge in [-0.05, 0) is 29.7 Å². The smallest absolute Gasteiger partial charge is 0.184 e. The van der Waals surface area contributed by atoms with Gasteiger partial charge in [-0.15, -0.1) is 0 Å². The van der Waals surface area contributed by atoms with Crippen molar-refractivity contribution in [1.29, 1.82) is 0 Å². The van der Waals surface area contributed by atoms with Crippen molar-refractivity contribution in [2.75, 3.05) is 23.3 Å². The van der Waals surface area contributed by atoms with E-state index in [2.05, 4.69) is 17.4 Å². The van der Waals surface area contributed by atoms with Gasteiger partial charge in [-0.1, -0.05) is 24.3 Å². The van der Waals surface area contributed by atoms with Gasteiger partial charge in [-0.25, -0.2) is 8.78 Å². The second-order valence-corrected chi connectivity index (χ2v) is 5.30. The summed E-state index contributed by atoms with van der Waals surface area (Å²) >= 11 is 0. The van der Waals surface area contributed by atoms with Gasteiger partial charge < -0.3 is 10.2 Å². The molecular formula is C16H14F2N2.